The van der Waals surface area contributed by atoms with E-state index in [0.29, 0.717) is 13.1 Å². The lowest BCUT2D eigenvalue weighted by Crippen LogP contribution is -2.55. The summed E-state index contributed by atoms with van der Waals surface area (Å²) in [6.07, 6.45) is 6.84. The molecule has 1 atom stereocenters. The third kappa shape index (κ3) is 5.48. The second kappa shape index (κ2) is 9.73. The Morgan fingerprint density at radius 1 is 1.14 bits per heavy atom. The molecule has 1 aliphatic heterocycles. The van der Waals surface area contributed by atoms with Crippen LogP contribution >= 0.6 is 11.6 Å². The fourth-order valence-corrected chi connectivity index (χ4v) is 5.72. The maximum Gasteiger partial charge on any atom is 0.243 e. The molecule has 2 fully saturated rings. The average Bonchev–Trinajstić information content (AvgIpc) is 2.98. The Morgan fingerprint density at radius 3 is 2.34 bits per heavy atom. The number of carbonyl (C=O) groups excluding carboxylic acids is 1. The van der Waals surface area contributed by atoms with E-state index in [2.05, 4.69) is 5.32 Å². The number of piperazine rings is 1. The molecule has 29 heavy (non-hydrogen) atoms. The fraction of sp³-hybridized carbons (Fsp3) is 0.650. The molecular formula is C20H29ClFN3O3S. The van der Waals surface area contributed by atoms with Gasteiger partial charge < -0.3 is 5.32 Å². The van der Waals surface area contributed by atoms with E-state index in [-0.39, 0.29) is 41.0 Å². The van der Waals surface area contributed by atoms with Gasteiger partial charge in [-0.3, -0.25) is 9.69 Å². The number of carbonyl (C=O) groups is 1. The largest absolute Gasteiger partial charge is 0.352 e. The third-order valence-corrected chi connectivity index (χ3v) is 8.12. The second-order valence-electron chi connectivity index (χ2n) is 7.89. The summed E-state index contributed by atoms with van der Waals surface area (Å²) < 4.78 is 40.3. The number of nitrogens with one attached hydrogen (secondary N) is 1. The molecule has 0 unspecified atom stereocenters. The lowest BCUT2D eigenvalue weighted by molar-refractivity contribution is -0.127. The Labute approximate surface area is 177 Å². The maximum absolute atomic E-state index is 13.4. The van der Waals surface area contributed by atoms with Gasteiger partial charge in [-0.1, -0.05) is 37.3 Å². The SMILES string of the molecule is C[C@H](C(=O)NC1CCCCCC1)N1CCN(S(=O)(=O)c2ccc(F)c(Cl)c2)CC1. The standard InChI is InChI=1S/C20H29ClFN3O3S/c1-15(20(26)23-16-6-4-2-3-5-7-16)24-10-12-25(13-11-24)29(27,28)17-8-9-19(22)18(21)14-17/h8-9,14-16H,2-7,10-13H2,1H3,(H,23,26)/t15-/m1/s1. The van der Waals surface area contributed by atoms with Gasteiger partial charge in [-0.05, 0) is 38.0 Å². The quantitative estimate of drug-likeness (QED) is 0.707. The van der Waals surface area contributed by atoms with Crippen LogP contribution in [0.1, 0.15) is 45.4 Å². The van der Waals surface area contributed by atoms with E-state index in [0.717, 1.165) is 37.8 Å². The molecule has 1 aliphatic carbocycles. The molecule has 0 radical (unpaired) electrons. The fourth-order valence-electron chi connectivity index (χ4n) is 4.03. The first-order valence-corrected chi connectivity index (χ1v) is 12.1. The zero-order chi connectivity index (χ0) is 21.0. The number of benzene rings is 1. The van der Waals surface area contributed by atoms with E-state index in [1.165, 1.54) is 23.2 Å². The van der Waals surface area contributed by atoms with Gasteiger partial charge in [-0.25, -0.2) is 12.8 Å². The first kappa shape index (κ1) is 22.5. The van der Waals surface area contributed by atoms with Crippen LogP contribution in [0.3, 0.4) is 0 Å². The van der Waals surface area contributed by atoms with Crippen molar-refractivity contribution in [2.75, 3.05) is 26.2 Å². The van der Waals surface area contributed by atoms with Crippen molar-refractivity contribution in [3.8, 4) is 0 Å². The smallest absolute Gasteiger partial charge is 0.243 e. The minimum absolute atomic E-state index is 0.0125. The molecule has 1 heterocycles. The van der Waals surface area contributed by atoms with E-state index in [9.17, 15) is 17.6 Å². The minimum Gasteiger partial charge on any atom is -0.352 e. The van der Waals surface area contributed by atoms with E-state index in [4.69, 9.17) is 11.6 Å². The van der Waals surface area contributed by atoms with Crippen molar-refractivity contribution in [3.63, 3.8) is 0 Å². The van der Waals surface area contributed by atoms with Crippen LogP contribution in [0.15, 0.2) is 23.1 Å². The first-order valence-electron chi connectivity index (χ1n) is 10.3. The van der Waals surface area contributed by atoms with Gasteiger partial charge in [-0.15, -0.1) is 0 Å². The highest BCUT2D eigenvalue weighted by Crippen LogP contribution is 2.24. The highest BCUT2D eigenvalue weighted by atomic mass is 35.5. The monoisotopic (exact) mass is 445 g/mol. The number of halogens is 2. The Hall–Kier alpha value is -1.22. The van der Waals surface area contributed by atoms with Crippen LogP contribution in [0.4, 0.5) is 4.39 Å². The molecule has 1 amide bonds. The number of sulfonamides is 1. The summed E-state index contributed by atoms with van der Waals surface area (Å²) in [4.78, 5) is 14.6. The highest BCUT2D eigenvalue weighted by molar-refractivity contribution is 7.89. The van der Waals surface area contributed by atoms with Gasteiger partial charge in [0.05, 0.1) is 16.0 Å². The Balaban J connectivity index is 1.56. The van der Waals surface area contributed by atoms with Crippen LogP contribution < -0.4 is 5.32 Å². The van der Waals surface area contributed by atoms with Crippen molar-refractivity contribution in [2.45, 2.75) is 62.4 Å². The van der Waals surface area contributed by atoms with Crippen molar-refractivity contribution in [1.82, 2.24) is 14.5 Å². The molecule has 2 aliphatic rings. The lowest BCUT2D eigenvalue weighted by Gasteiger charge is -2.37. The summed E-state index contributed by atoms with van der Waals surface area (Å²) in [6.45, 7) is 3.35. The van der Waals surface area contributed by atoms with Gasteiger partial charge in [0, 0.05) is 32.2 Å². The van der Waals surface area contributed by atoms with Gasteiger partial charge in [0.15, 0.2) is 0 Å². The number of hydrogen-bond acceptors (Lipinski definition) is 4. The van der Waals surface area contributed by atoms with Gasteiger partial charge in [0.2, 0.25) is 15.9 Å². The molecule has 1 N–H and O–H groups in total. The molecule has 9 heteroatoms. The maximum atomic E-state index is 13.4. The topological polar surface area (TPSA) is 69.7 Å². The van der Waals surface area contributed by atoms with Crippen molar-refractivity contribution in [2.24, 2.45) is 0 Å². The molecule has 3 rings (SSSR count). The molecular weight excluding hydrogens is 417 g/mol. The van der Waals surface area contributed by atoms with Crippen LogP contribution in [0.2, 0.25) is 5.02 Å². The van der Waals surface area contributed by atoms with E-state index < -0.39 is 15.8 Å². The van der Waals surface area contributed by atoms with E-state index in [1.54, 1.807) is 0 Å². The van der Waals surface area contributed by atoms with Crippen molar-refractivity contribution in [3.05, 3.63) is 29.0 Å². The lowest BCUT2D eigenvalue weighted by atomic mass is 10.1. The van der Waals surface area contributed by atoms with Crippen LogP contribution in [-0.4, -0.2) is 61.8 Å². The van der Waals surface area contributed by atoms with Crippen molar-refractivity contribution >= 4 is 27.5 Å². The zero-order valence-corrected chi connectivity index (χ0v) is 18.3. The Morgan fingerprint density at radius 2 is 1.76 bits per heavy atom. The molecule has 1 saturated carbocycles. The summed E-state index contributed by atoms with van der Waals surface area (Å²) in [5.41, 5.74) is 0. The van der Waals surface area contributed by atoms with Crippen molar-refractivity contribution in [1.29, 1.82) is 0 Å². The third-order valence-electron chi connectivity index (χ3n) is 5.93. The molecule has 0 aromatic heterocycles. The first-order chi connectivity index (χ1) is 13.8. The van der Waals surface area contributed by atoms with Crippen molar-refractivity contribution < 1.29 is 17.6 Å². The number of hydrogen-bond donors (Lipinski definition) is 1. The van der Waals surface area contributed by atoms with Crippen LogP contribution in [0.25, 0.3) is 0 Å². The van der Waals surface area contributed by atoms with Crippen LogP contribution in [-0.2, 0) is 14.8 Å². The summed E-state index contributed by atoms with van der Waals surface area (Å²) in [7, 11) is -3.74. The molecule has 0 spiro atoms. The normalized spacial score (nSPS) is 21.5. The van der Waals surface area contributed by atoms with Gasteiger partial charge in [0.1, 0.15) is 5.82 Å². The highest BCUT2D eigenvalue weighted by Gasteiger charge is 2.32. The number of amides is 1. The Bertz CT molecular complexity index is 820. The van der Waals surface area contributed by atoms with E-state index in [1.807, 2.05) is 11.8 Å². The van der Waals surface area contributed by atoms with Gasteiger partial charge in [0.25, 0.3) is 0 Å². The summed E-state index contributed by atoms with van der Waals surface area (Å²) in [6, 6.07) is 3.37. The molecule has 1 saturated heterocycles. The van der Waals surface area contributed by atoms with E-state index >= 15 is 0 Å². The van der Waals surface area contributed by atoms with Gasteiger partial charge >= 0.3 is 0 Å². The zero-order valence-electron chi connectivity index (χ0n) is 16.7. The second-order valence-corrected chi connectivity index (χ2v) is 10.2. The summed E-state index contributed by atoms with van der Waals surface area (Å²) in [5.74, 6) is -0.637. The Kier molecular flexibility index (Phi) is 7.53. The minimum atomic E-state index is -3.74. The predicted octanol–water partition coefficient (Wildman–Crippen LogP) is 3.01. The average molecular weight is 446 g/mol. The number of nitrogens with zero attached hydrogens (tertiary/aromatic N) is 2. The van der Waals surface area contributed by atoms with Crippen LogP contribution in [0.5, 0.6) is 0 Å². The molecule has 1 aromatic rings. The predicted molar refractivity (Wildman–Crippen MR) is 111 cm³/mol. The molecule has 1 aromatic carbocycles. The molecule has 162 valence electrons. The summed E-state index contributed by atoms with van der Waals surface area (Å²) in [5, 5.41) is 2.96. The van der Waals surface area contributed by atoms with Gasteiger partial charge in [-0.2, -0.15) is 4.31 Å². The number of rotatable bonds is 5. The summed E-state index contributed by atoms with van der Waals surface area (Å²) >= 11 is 5.74. The molecule has 0 bridgehead atoms. The molecule has 6 nitrogen and oxygen atoms in total. The van der Waals surface area contributed by atoms with Crippen LogP contribution in [0, 0.1) is 5.82 Å².